The van der Waals surface area contributed by atoms with Crippen molar-refractivity contribution in [2.24, 2.45) is 5.10 Å². The zero-order chi connectivity index (χ0) is 18.4. The van der Waals surface area contributed by atoms with E-state index in [2.05, 4.69) is 40.7 Å². The Morgan fingerprint density at radius 3 is 2.65 bits per heavy atom. The van der Waals surface area contributed by atoms with Crippen molar-refractivity contribution in [1.82, 2.24) is 9.99 Å². The van der Waals surface area contributed by atoms with Gasteiger partial charge in [0.1, 0.15) is 0 Å². The molecule has 0 aliphatic heterocycles. The Balaban J connectivity index is 1.69. The summed E-state index contributed by atoms with van der Waals surface area (Å²) in [4.78, 5) is 12.0. The van der Waals surface area contributed by atoms with Crippen LogP contribution in [-0.2, 0) is 17.8 Å². The predicted molar refractivity (Wildman–Crippen MR) is 107 cm³/mol. The number of benzene rings is 2. The summed E-state index contributed by atoms with van der Waals surface area (Å²) < 4.78 is 2.20. The summed E-state index contributed by atoms with van der Waals surface area (Å²) in [5.74, 6) is -0.0856. The van der Waals surface area contributed by atoms with Crippen LogP contribution in [0.25, 0.3) is 10.9 Å². The van der Waals surface area contributed by atoms with Gasteiger partial charge in [-0.2, -0.15) is 5.10 Å². The summed E-state index contributed by atoms with van der Waals surface area (Å²) in [6, 6.07) is 18.2. The van der Waals surface area contributed by atoms with Gasteiger partial charge >= 0.3 is 0 Å². The van der Waals surface area contributed by atoms with Crippen molar-refractivity contribution in [3.05, 3.63) is 84.1 Å². The molecular formula is C22H23N3O. The maximum Gasteiger partial charge on any atom is 0.240 e. The van der Waals surface area contributed by atoms with E-state index in [1.807, 2.05) is 48.5 Å². The van der Waals surface area contributed by atoms with Gasteiger partial charge in [0.25, 0.3) is 0 Å². The van der Waals surface area contributed by atoms with E-state index in [1.165, 1.54) is 0 Å². The maximum atomic E-state index is 12.0. The molecule has 3 aromatic rings. The Kier molecular flexibility index (Phi) is 5.64. The van der Waals surface area contributed by atoms with E-state index in [-0.39, 0.29) is 5.91 Å². The van der Waals surface area contributed by atoms with Gasteiger partial charge in [0.2, 0.25) is 5.91 Å². The third kappa shape index (κ3) is 3.91. The van der Waals surface area contributed by atoms with Crippen LogP contribution in [0.1, 0.15) is 23.2 Å². The number of hydrogen-bond acceptors (Lipinski definition) is 2. The Hall–Kier alpha value is -3.14. The highest BCUT2D eigenvalue weighted by atomic mass is 16.2. The molecule has 0 saturated carbocycles. The lowest BCUT2D eigenvalue weighted by atomic mass is 10.1. The van der Waals surface area contributed by atoms with E-state index in [0.29, 0.717) is 12.8 Å². The lowest BCUT2D eigenvalue weighted by Crippen LogP contribution is -2.18. The first-order valence-electron chi connectivity index (χ1n) is 8.75. The minimum absolute atomic E-state index is 0.0856. The van der Waals surface area contributed by atoms with Gasteiger partial charge in [-0.15, -0.1) is 6.58 Å². The average Bonchev–Trinajstić information content (AvgIpc) is 2.93. The quantitative estimate of drug-likeness (QED) is 0.389. The highest BCUT2D eigenvalue weighted by Crippen LogP contribution is 2.24. The normalized spacial score (nSPS) is 11.1. The number of aromatic nitrogens is 1. The number of fused-ring (bicyclic) bond motifs is 1. The number of hydrazone groups is 1. The lowest BCUT2D eigenvalue weighted by Gasteiger charge is -2.04. The minimum Gasteiger partial charge on any atom is -0.340 e. The van der Waals surface area contributed by atoms with Gasteiger partial charge < -0.3 is 4.57 Å². The number of nitrogens with zero attached hydrogens (tertiary/aromatic N) is 2. The first-order valence-corrected chi connectivity index (χ1v) is 8.75. The van der Waals surface area contributed by atoms with E-state index >= 15 is 0 Å². The van der Waals surface area contributed by atoms with Gasteiger partial charge in [-0.05, 0) is 25.0 Å². The number of para-hydroxylation sites is 1. The fraction of sp³-hybridized carbons (Fsp3) is 0.182. The number of carbonyl (C=O) groups is 1. The Morgan fingerprint density at radius 1 is 1.15 bits per heavy atom. The molecule has 1 heterocycles. The maximum absolute atomic E-state index is 12.0. The van der Waals surface area contributed by atoms with Crippen molar-refractivity contribution in [3.63, 3.8) is 0 Å². The smallest absolute Gasteiger partial charge is 0.240 e. The van der Waals surface area contributed by atoms with Gasteiger partial charge in [0, 0.05) is 35.1 Å². The van der Waals surface area contributed by atoms with Crippen molar-refractivity contribution in [3.8, 4) is 0 Å². The predicted octanol–water partition coefficient (Wildman–Crippen LogP) is 4.22. The molecule has 0 saturated heterocycles. The van der Waals surface area contributed by atoms with Crippen molar-refractivity contribution in [2.45, 2.75) is 26.3 Å². The molecule has 0 bridgehead atoms. The molecule has 0 aliphatic rings. The van der Waals surface area contributed by atoms with Gasteiger partial charge in [-0.3, -0.25) is 4.79 Å². The molecule has 26 heavy (non-hydrogen) atoms. The SMILES string of the molecule is C=CCn1c(C)c(/C=N\NC(=O)CCc2ccccc2)c2ccccc21. The molecule has 0 unspecified atom stereocenters. The van der Waals surface area contributed by atoms with Crippen LogP contribution in [-0.4, -0.2) is 16.7 Å². The van der Waals surface area contributed by atoms with Crippen molar-refractivity contribution >= 4 is 23.0 Å². The van der Waals surface area contributed by atoms with Crippen LogP contribution in [0.15, 0.2) is 72.4 Å². The van der Waals surface area contributed by atoms with Crippen LogP contribution in [0.4, 0.5) is 0 Å². The molecule has 0 fully saturated rings. The number of amides is 1. The highest BCUT2D eigenvalue weighted by molar-refractivity contribution is 6.01. The van der Waals surface area contributed by atoms with Crippen LogP contribution < -0.4 is 5.43 Å². The molecule has 1 N–H and O–H groups in total. The largest absolute Gasteiger partial charge is 0.340 e. The lowest BCUT2D eigenvalue weighted by molar-refractivity contribution is -0.121. The van der Waals surface area contributed by atoms with E-state index in [4.69, 9.17) is 0 Å². The summed E-state index contributed by atoms with van der Waals surface area (Å²) in [6.45, 7) is 6.63. The van der Waals surface area contributed by atoms with E-state index in [1.54, 1.807) is 6.21 Å². The van der Waals surface area contributed by atoms with Crippen molar-refractivity contribution < 1.29 is 4.79 Å². The number of nitrogens with one attached hydrogen (secondary N) is 1. The van der Waals surface area contributed by atoms with E-state index < -0.39 is 0 Å². The molecule has 4 nitrogen and oxygen atoms in total. The monoisotopic (exact) mass is 345 g/mol. The topological polar surface area (TPSA) is 46.4 Å². The zero-order valence-corrected chi connectivity index (χ0v) is 15.0. The van der Waals surface area contributed by atoms with Gasteiger partial charge in [0.05, 0.1) is 6.21 Å². The molecule has 1 amide bonds. The van der Waals surface area contributed by atoms with Gasteiger partial charge in [0.15, 0.2) is 0 Å². The molecule has 3 rings (SSSR count). The molecule has 0 atom stereocenters. The first kappa shape index (κ1) is 17.7. The van der Waals surface area contributed by atoms with E-state index in [0.717, 1.165) is 34.3 Å². The molecule has 132 valence electrons. The molecule has 0 spiro atoms. The Morgan fingerprint density at radius 2 is 1.88 bits per heavy atom. The molecule has 2 aromatic carbocycles. The summed E-state index contributed by atoms with van der Waals surface area (Å²) in [5, 5.41) is 5.29. The summed E-state index contributed by atoms with van der Waals surface area (Å²) in [7, 11) is 0. The third-order valence-electron chi connectivity index (χ3n) is 4.46. The van der Waals surface area contributed by atoms with Crippen LogP contribution in [0.2, 0.25) is 0 Å². The number of carbonyl (C=O) groups excluding carboxylic acids is 1. The number of rotatable bonds is 7. The number of allylic oxidation sites excluding steroid dienone is 1. The number of hydrogen-bond donors (Lipinski definition) is 1. The van der Waals surface area contributed by atoms with Crippen LogP contribution >= 0.6 is 0 Å². The second-order valence-electron chi connectivity index (χ2n) is 6.19. The number of aryl methyl sites for hydroxylation is 1. The first-order chi connectivity index (χ1) is 12.7. The van der Waals surface area contributed by atoms with Gasteiger partial charge in [-0.1, -0.05) is 54.6 Å². The van der Waals surface area contributed by atoms with Crippen LogP contribution in [0.3, 0.4) is 0 Å². The van der Waals surface area contributed by atoms with Crippen molar-refractivity contribution in [1.29, 1.82) is 0 Å². The second-order valence-corrected chi connectivity index (χ2v) is 6.19. The average molecular weight is 345 g/mol. The van der Waals surface area contributed by atoms with Crippen molar-refractivity contribution in [2.75, 3.05) is 0 Å². The molecule has 1 aromatic heterocycles. The minimum atomic E-state index is -0.0856. The molecule has 0 aliphatic carbocycles. The Bertz CT molecular complexity index is 939. The molecule has 0 radical (unpaired) electrons. The standard InChI is InChI=1S/C22H23N3O/c1-3-15-25-17(2)20(19-11-7-8-12-21(19)25)16-23-24-22(26)14-13-18-9-5-4-6-10-18/h3-12,16H,1,13-15H2,2H3,(H,24,26)/b23-16-. The summed E-state index contributed by atoms with van der Waals surface area (Å²) in [5.41, 5.74) is 7.05. The summed E-state index contributed by atoms with van der Waals surface area (Å²) in [6.07, 6.45) is 4.74. The van der Waals surface area contributed by atoms with Crippen LogP contribution in [0, 0.1) is 6.92 Å². The third-order valence-corrected chi connectivity index (χ3v) is 4.46. The second kappa shape index (κ2) is 8.30. The summed E-state index contributed by atoms with van der Waals surface area (Å²) >= 11 is 0. The Labute approximate surface area is 153 Å². The fourth-order valence-corrected chi connectivity index (χ4v) is 3.11. The molecular weight excluding hydrogens is 322 g/mol. The van der Waals surface area contributed by atoms with Gasteiger partial charge in [-0.25, -0.2) is 5.43 Å². The molecule has 4 heteroatoms. The fourth-order valence-electron chi connectivity index (χ4n) is 3.11. The van der Waals surface area contributed by atoms with Crippen LogP contribution in [0.5, 0.6) is 0 Å². The zero-order valence-electron chi connectivity index (χ0n) is 15.0. The highest BCUT2D eigenvalue weighted by Gasteiger charge is 2.11. The van der Waals surface area contributed by atoms with E-state index in [9.17, 15) is 4.79 Å².